The molecule has 0 saturated carbocycles. The van der Waals surface area contributed by atoms with E-state index in [9.17, 15) is 4.79 Å². The van der Waals surface area contributed by atoms with Gasteiger partial charge in [0.1, 0.15) is 5.82 Å². The zero-order valence-electron chi connectivity index (χ0n) is 13.2. The van der Waals surface area contributed by atoms with E-state index in [4.69, 9.17) is 0 Å². The van der Waals surface area contributed by atoms with E-state index in [0.717, 1.165) is 30.3 Å². The fourth-order valence-corrected chi connectivity index (χ4v) is 3.68. The molecule has 0 amide bonds. The van der Waals surface area contributed by atoms with Gasteiger partial charge in [0.25, 0.3) is 0 Å². The van der Waals surface area contributed by atoms with E-state index in [0.29, 0.717) is 17.9 Å². The molecular formula is C15H21N5OS. The van der Waals surface area contributed by atoms with Crippen LogP contribution in [-0.4, -0.2) is 37.5 Å². The Morgan fingerprint density at radius 2 is 2.32 bits per heavy atom. The van der Waals surface area contributed by atoms with Gasteiger partial charge in [-0.3, -0.25) is 9.48 Å². The minimum Gasteiger partial charge on any atom is -0.343 e. The highest BCUT2D eigenvalue weighted by molar-refractivity contribution is 7.09. The summed E-state index contributed by atoms with van der Waals surface area (Å²) in [6, 6.07) is 0.223. The average molecular weight is 319 g/mol. The van der Waals surface area contributed by atoms with E-state index in [1.54, 1.807) is 17.1 Å². The van der Waals surface area contributed by atoms with Crippen molar-refractivity contribution in [1.82, 2.24) is 19.1 Å². The van der Waals surface area contributed by atoms with E-state index in [1.165, 1.54) is 11.5 Å². The van der Waals surface area contributed by atoms with Gasteiger partial charge in [-0.25, -0.2) is 4.98 Å². The number of rotatable bonds is 5. The van der Waals surface area contributed by atoms with Crippen molar-refractivity contribution in [2.75, 3.05) is 11.4 Å². The highest BCUT2D eigenvalue weighted by Crippen LogP contribution is 2.30. The Morgan fingerprint density at radius 3 is 2.95 bits per heavy atom. The molecule has 1 saturated heterocycles. The van der Waals surface area contributed by atoms with Crippen molar-refractivity contribution >= 4 is 22.4 Å². The van der Waals surface area contributed by atoms with Crippen LogP contribution in [0.3, 0.4) is 0 Å². The van der Waals surface area contributed by atoms with Gasteiger partial charge in [0.05, 0.1) is 11.8 Å². The number of aromatic nitrogens is 4. The Labute approximate surface area is 134 Å². The molecule has 0 radical (unpaired) electrons. The van der Waals surface area contributed by atoms with Crippen molar-refractivity contribution in [3.63, 3.8) is 0 Å². The summed E-state index contributed by atoms with van der Waals surface area (Å²) < 4.78 is 6.09. The molecule has 118 valence electrons. The average Bonchev–Trinajstić information content (AvgIpc) is 3.17. The first-order valence-corrected chi connectivity index (χ1v) is 8.44. The number of aryl methyl sites for hydroxylation is 1. The highest BCUT2D eigenvalue weighted by atomic mass is 32.1. The maximum atomic E-state index is 12.4. The van der Waals surface area contributed by atoms with E-state index in [1.807, 2.05) is 7.05 Å². The number of anilines is 1. The lowest BCUT2D eigenvalue weighted by Gasteiger charge is -2.22. The molecule has 1 aliphatic heterocycles. The van der Waals surface area contributed by atoms with Crippen molar-refractivity contribution < 1.29 is 4.79 Å². The molecule has 0 aromatic carbocycles. The van der Waals surface area contributed by atoms with E-state index in [2.05, 4.69) is 33.2 Å². The number of nitrogens with zero attached hydrogens (tertiary/aromatic N) is 5. The van der Waals surface area contributed by atoms with Gasteiger partial charge < -0.3 is 4.90 Å². The third kappa shape index (κ3) is 3.04. The van der Waals surface area contributed by atoms with Gasteiger partial charge in [0.2, 0.25) is 5.13 Å². The van der Waals surface area contributed by atoms with Gasteiger partial charge >= 0.3 is 0 Å². The SMILES string of the molecule is CC(C)c1nsc(N2CCCC2CC(=O)c2cnn(C)c2)n1. The van der Waals surface area contributed by atoms with Gasteiger partial charge in [-0.15, -0.1) is 0 Å². The predicted molar refractivity (Wildman–Crippen MR) is 86.5 cm³/mol. The quantitative estimate of drug-likeness (QED) is 0.793. The van der Waals surface area contributed by atoms with Crippen LogP contribution in [0.5, 0.6) is 0 Å². The summed E-state index contributed by atoms with van der Waals surface area (Å²) in [7, 11) is 1.83. The topological polar surface area (TPSA) is 63.9 Å². The third-order valence-corrected chi connectivity index (χ3v) is 4.79. The second kappa shape index (κ2) is 6.16. The van der Waals surface area contributed by atoms with Crippen molar-refractivity contribution in [3.05, 3.63) is 23.8 Å². The Kier molecular flexibility index (Phi) is 4.24. The molecule has 0 N–H and O–H groups in total. The molecule has 0 spiro atoms. The zero-order chi connectivity index (χ0) is 15.7. The summed E-state index contributed by atoms with van der Waals surface area (Å²) in [5.41, 5.74) is 0.689. The minimum absolute atomic E-state index is 0.151. The first-order chi connectivity index (χ1) is 10.5. The summed E-state index contributed by atoms with van der Waals surface area (Å²) in [6.45, 7) is 5.15. The van der Waals surface area contributed by atoms with Crippen LogP contribution in [0.4, 0.5) is 5.13 Å². The van der Waals surface area contributed by atoms with Crippen molar-refractivity contribution in [2.45, 2.75) is 45.1 Å². The second-order valence-corrected chi connectivity index (χ2v) is 6.84. The van der Waals surface area contributed by atoms with Gasteiger partial charge in [-0.1, -0.05) is 13.8 Å². The molecule has 3 heterocycles. The molecule has 7 heteroatoms. The van der Waals surface area contributed by atoms with Crippen molar-refractivity contribution in [1.29, 1.82) is 0 Å². The number of carbonyl (C=O) groups is 1. The summed E-state index contributed by atoms with van der Waals surface area (Å²) >= 11 is 1.44. The van der Waals surface area contributed by atoms with Crippen molar-refractivity contribution in [3.8, 4) is 0 Å². The van der Waals surface area contributed by atoms with E-state index < -0.39 is 0 Å². The standard InChI is InChI=1S/C15H21N5OS/c1-10(2)14-17-15(22-18-14)20-6-4-5-12(20)7-13(21)11-8-16-19(3)9-11/h8-10,12H,4-7H2,1-3H3. The van der Waals surface area contributed by atoms with Gasteiger partial charge in [-0.05, 0) is 12.8 Å². The normalized spacial score (nSPS) is 18.4. The maximum Gasteiger partial charge on any atom is 0.205 e. The Bertz CT molecular complexity index is 662. The third-order valence-electron chi connectivity index (χ3n) is 4.02. The van der Waals surface area contributed by atoms with Crippen LogP contribution >= 0.6 is 11.5 Å². The first kappa shape index (κ1) is 15.1. The van der Waals surface area contributed by atoms with Crippen LogP contribution in [0.2, 0.25) is 0 Å². The lowest BCUT2D eigenvalue weighted by molar-refractivity contribution is 0.0974. The monoisotopic (exact) mass is 319 g/mol. The smallest absolute Gasteiger partial charge is 0.205 e. The molecule has 22 heavy (non-hydrogen) atoms. The minimum atomic E-state index is 0.151. The summed E-state index contributed by atoms with van der Waals surface area (Å²) in [6.07, 6.45) is 6.07. The second-order valence-electron chi connectivity index (χ2n) is 6.11. The van der Waals surface area contributed by atoms with Crippen LogP contribution in [0, 0.1) is 0 Å². The van der Waals surface area contributed by atoms with Crippen LogP contribution < -0.4 is 4.90 Å². The van der Waals surface area contributed by atoms with Crippen LogP contribution in [-0.2, 0) is 7.05 Å². The first-order valence-electron chi connectivity index (χ1n) is 7.66. The predicted octanol–water partition coefficient (Wildman–Crippen LogP) is 2.64. The van der Waals surface area contributed by atoms with Gasteiger partial charge in [-0.2, -0.15) is 9.47 Å². The molecule has 0 bridgehead atoms. The summed E-state index contributed by atoms with van der Waals surface area (Å²) in [5.74, 6) is 1.38. The molecule has 3 rings (SSSR count). The molecule has 6 nitrogen and oxygen atoms in total. The Morgan fingerprint density at radius 1 is 1.50 bits per heavy atom. The number of carbonyl (C=O) groups excluding carboxylic acids is 1. The molecule has 1 fully saturated rings. The van der Waals surface area contributed by atoms with Crippen LogP contribution in [0.1, 0.15) is 55.2 Å². The lowest BCUT2D eigenvalue weighted by Crippen LogP contribution is -2.31. The molecule has 2 aromatic rings. The largest absolute Gasteiger partial charge is 0.343 e. The number of ketones is 1. The molecule has 0 aliphatic carbocycles. The fraction of sp³-hybridized carbons (Fsp3) is 0.600. The van der Waals surface area contributed by atoms with Crippen LogP contribution in [0.15, 0.2) is 12.4 Å². The molecule has 2 aromatic heterocycles. The number of hydrogen-bond donors (Lipinski definition) is 0. The Hall–Kier alpha value is -1.76. The molecule has 1 unspecified atom stereocenters. The summed E-state index contributed by atoms with van der Waals surface area (Å²) in [5, 5.41) is 5.02. The zero-order valence-corrected chi connectivity index (χ0v) is 14.0. The molecular weight excluding hydrogens is 298 g/mol. The van der Waals surface area contributed by atoms with E-state index >= 15 is 0 Å². The maximum absolute atomic E-state index is 12.4. The summed E-state index contributed by atoms with van der Waals surface area (Å²) in [4.78, 5) is 19.3. The molecule has 1 aliphatic rings. The van der Waals surface area contributed by atoms with E-state index in [-0.39, 0.29) is 11.8 Å². The number of hydrogen-bond acceptors (Lipinski definition) is 6. The Balaban J connectivity index is 1.71. The molecule has 1 atom stereocenters. The van der Waals surface area contributed by atoms with Crippen molar-refractivity contribution in [2.24, 2.45) is 7.05 Å². The van der Waals surface area contributed by atoms with Gasteiger partial charge in [0, 0.05) is 49.7 Å². The van der Waals surface area contributed by atoms with Crippen LogP contribution in [0.25, 0.3) is 0 Å². The number of Topliss-reactive ketones (excluding diaryl/α,β-unsaturated/α-hetero) is 1. The fourth-order valence-electron chi connectivity index (χ4n) is 2.77. The van der Waals surface area contributed by atoms with Gasteiger partial charge in [0.15, 0.2) is 5.78 Å². The highest BCUT2D eigenvalue weighted by Gasteiger charge is 2.30. The lowest BCUT2D eigenvalue weighted by atomic mass is 10.0.